The van der Waals surface area contributed by atoms with Crippen LogP contribution < -0.4 is 5.32 Å². The Morgan fingerprint density at radius 1 is 1.16 bits per heavy atom. The van der Waals surface area contributed by atoms with Crippen molar-refractivity contribution >= 4 is 29.3 Å². The van der Waals surface area contributed by atoms with Gasteiger partial charge in [-0.2, -0.15) is 4.98 Å². The van der Waals surface area contributed by atoms with Gasteiger partial charge < -0.3 is 9.84 Å². The fourth-order valence-electron chi connectivity index (χ4n) is 2.14. The number of hydrogen-bond acceptors (Lipinski definition) is 5. The van der Waals surface area contributed by atoms with Crippen LogP contribution in [-0.4, -0.2) is 28.3 Å². The van der Waals surface area contributed by atoms with Crippen LogP contribution in [0.1, 0.15) is 16.2 Å². The van der Waals surface area contributed by atoms with Crippen molar-refractivity contribution in [3.63, 3.8) is 0 Å². The molecule has 25 heavy (non-hydrogen) atoms. The lowest BCUT2D eigenvalue weighted by atomic mass is 10.1. The molecule has 1 N–H and O–H groups in total. The maximum Gasteiger partial charge on any atom is 0.257 e. The minimum absolute atomic E-state index is 0.107. The standard InChI is InChI=1S/C18H16ClN3O2S/c1-12-21-18(24-22-12)14-4-2-13(3-5-14)17(23)20-10-11-25-16-8-6-15(19)7-9-16/h2-9H,10-11H2,1H3,(H,20,23). The quantitative estimate of drug-likeness (QED) is 0.517. The molecule has 0 aliphatic heterocycles. The highest BCUT2D eigenvalue weighted by Gasteiger charge is 2.09. The number of nitrogens with zero attached hydrogens (tertiary/aromatic N) is 2. The summed E-state index contributed by atoms with van der Waals surface area (Å²) < 4.78 is 5.11. The first-order chi connectivity index (χ1) is 12.1. The van der Waals surface area contributed by atoms with Crippen LogP contribution in [0.3, 0.4) is 0 Å². The van der Waals surface area contributed by atoms with Gasteiger partial charge in [0.05, 0.1) is 0 Å². The molecule has 0 spiro atoms. The van der Waals surface area contributed by atoms with E-state index in [0.29, 0.717) is 23.8 Å². The van der Waals surface area contributed by atoms with Gasteiger partial charge in [0.2, 0.25) is 0 Å². The molecule has 2 aromatic carbocycles. The normalized spacial score (nSPS) is 10.6. The molecule has 0 unspecified atom stereocenters. The van der Waals surface area contributed by atoms with Crippen molar-refractivity contribution in [2.75, 3.05) is 12.3 Å². The van der Waals surface area contributed by atoms with E-state index in [1.54, 1.807) is 43.0 Å². The fourth-order valence-corrected chi connectivity index (χ4v) is 3.04. The summed E-state index contributed by atoms with van der Waals surface area (Å²) >= 11 is 7.52. The molecule has 0 atom stereocenters. The van der Waals surface area contributed by atoms with Crippen LogP contribution in [0.15, 0.2) is 57.9 Å². The predicted molar refractivity (Wildman–Crippen MR) is 99.0 cm³/mol. The molecule has 0 radical (unpaired) electrons. The van der Waals surface area contributed by atoms with E-state index in [1.807, 2.05) is 24.3 Å². The first-order valence-corrected chi connectivity index (χ1v) is 9.05. The van der Waals surface area contributed by atoms with Crippen LogP contribution >= 0.6 is 23.4 Å². The average Bonchev–Trinajstić information content (AvgIpc) is 3.06. The second kappa shape index (κ2) is 8.18. The summed E-state index contributed by atoms with van der Waals surface area (Å²) in [5, 5.41) is 7.38. The molecule has 128 valence electrons. The molecule has 1 amide bonds. The number of rotatable bonds is 6. The Labute approximate surface area is 154 Å². The average molecular weight is 374 g/mol. The third-order valence-electron chi connectivity index (χ3n) is 3.39. The van der Waals surface area contributed by atoms with Gasteiger partial charge in [-0.3, -0.25) is 4.79 Å². The molecule has 1 aromatic heterocycles. The smallest absolute Gasteiger partial charge is 0.257 e. The van der Waals surface area contributed by atoms with Gasteiger partial charge in [-0.05, 0) is 55.5 Å². The first-order valence-electron chi connectivity index (χ1n) is 7.69. The maximum absolute atomic E-state index is 12.2. The van der Waals surface area contributed by atoms with E-state index in [1.165, 1.54) is 0 Å². The zero-order valence-corrected chi connectivity index (χ0v) is 15.1. The van der Waals surface area contributed by atoms with Crippen molar-refractivity contribution in [3.8, 4) is 11.5 Å². The molecule has 5 nitrogen and oxygen atoms in total. The second-order valence-electron chi connectivity index (χ2n) is 5.28. The van der Waals surface area contributed by atoms with Gasteiger partial charge in [0.15, 0.2) is 5.82 Å². The van der Waals surface area contributed by atoms with Crippen molar-refractivity contribution in [2.24, 2.45) is 0 Å². The molecular formula is C18H16ClN3O2S. The molecule has 0 aliphatic carbocycles. The van der Waals surface area contributed by atoms with Gasteiger partial charge in [0, 0.05) is 33.3 Å². The van der Waals surface area contributed by atoms with Crippen molar-refractivity contribution < 1.29 is 9.32 Å². The van der Waals surface area contributed by atoms with Crippen molar-refractivity contribution in [1.29, 1.82) is 0 Å². The summed E-state index contributed by atoms with van der Waals surface area (Å²) in [4.78, 5) is 17.4. The van der Waals surface area contributed by atoms with Gasteiger partial charge in [-0.25, -0.2) is 0 Å². The van der Waals surface area contributed by atoms with E-state index in [-0.39, 0.29) is 5.91 Å². The van der Waals surface area contributed by atoms with E-state index in [2.05, 4.69) is 15.5 Å². The third kappa shape index (κ3) is 4.84. The topological polar surface area (TPSA) is 68.0 Å². The first kappa shape index (κ1) is 17.5. The van der Waals surface area contributed by atoms with Gasteiger partial charge in [0.25, 0.3) is 11.8 Å². The number of thioether (sulfide) groups is 1. The molecular weight excluding hydrogens is 358 g/mol. The molecule has 0 aliphatic rings. The van der Waals surface area contributed by atoms with Gasteiger partial charge >= 0.3 is 0 Å². The summed E-state index contributed by atoms with van der Waals surface area (Å²) in [5.74, 6) is 1.70. The summed E-state index contributed by atoms with van der Waals surface area (Å²) in [6.07, 6.45) is 0. The number of carbonyl (C=O) groups excluding carboxylic acids is 1. The van der Waals surface area contributed by atoms with Crippen LogP contribution in [0.25, 0.3) is 11.5 Å². The summed E-state index contributed by atoms with van der Waals surface area (Å²) in [6.45, 7) is 2.34. The number of aromatic nitrogens is 2. The van der Waals surface area contributed by atoms with Crippen LogP contribution in [0.4, 0.5) is 0 Å². The molecule has 0 saturated heterocycles. The van der Waals surface area contributed by atoms with E-state index in [9.17, 15) is 4.79 Å². The number of amides is 1. The fraction of sp³-hybridized carbons (Fsp3) is 0.167. The third-order valence-corrected chi connectivity index (χ3v) is 4.66. The highest BCUT2D eigenvalue weighted by molar-refractivity contribution is 7.99. The lowest BCUT2D eigenvalue weighted by molar-refractivity contribution is 0.0956. The lowest BCUT2D eigenvalue weighted by Crippen LogP contribution is -2.25. The van der Waals surface area contributed by atoms with E-state index in [0.717, 1.165) is 21.2 Å². The zero-order valence-electron chi connectivity index (χ0n) is 13.5. The number of carbonyl (C=O) groups is 1. The molecule has 3 aromatic rings. The van der Waals surface area contributed by atoms with Crippen molar-refractivity contribution in [1.82, 2.24) is 15.5 Å². The Hall–Kier alpha value is -2.31. The van der Waals surface area contributed by atoms with Gasteiger partial charge in [-0.1, -0.05) is 16.8 Å². The van der Waals surface area contributed by atoms with Gasteiger partial charge in [-0.15, -0.1) is 11.8 Å². The van der Waals surface area contributed by atoms with E-state index in [4.69, 9.17) is 16.1 Å². The zero-order chi connectivity index (χ0) is 17.6. The maximum atomic E-state index is 12.2. The highest BCUT2D eigenvalue weighted by atomic mass is 35.5. The summed E-state index contributed by atoms with van der Waals surface area (Å²) in [7, 11) is 0. The Morgan fingerprint density at radius 2 is 1.88 bits per heavy atom. The van der Waals surface area contributed by atoms with Crippen LogP contribution in [0.5, 0.6) is 0 Å². The number of benzene rings is 2. The second-order valence-corrected chi connectivity index (χ2v) is 6.89. The van der Waals surface area contributed by atoms with Crippen LogP contribution in [-0.2, 0) is 0 Å². The molecule has 0 fully saturated rings. The summed E-state index contributed by atoms with van der Waals surface area (Å²) in [6, 6.07) is 14.7. The highest BCUT2D eigenvalue weighted by Crippen LogP contribution is 2.20. The van der Waals surface area contributed by atoms with Crippen LogP contribution in [0, 0.1) is 6.92 Å². The minimum Gasteiger partial charge on any atom is -0.351 e. The monoisotopic (exact) mass is 373 g/mol. The Balaban J connectivity index is 1.48. The molecule has 0 saturated carbocycles. The Bertz CT molecular complexity index is 848. The SMILES string of the molecule is Cc1noc(-c2ccc(C(=O)NCCSc3ccc(Cl)cc3)cc2)n1. The number of hydrogen-bond donors (Lipinski definition) is 1. The number of nitrogens with one attached hydrogen (secondary N) is 1. The van der Waals surface area contributed by atoms with Crippen molar-refractivity contribution in [2.45, 2.75) is 11.8 Å². The Morgan fingerprint density at radius 3 is 2.52 bits per heavy atom. The molecule has 0 bridgehead atoms. The van der Waals surface area contributed by atoms with E-state index >= 15 is 0 Å². The minimum atomic E-state index is -0.107. The summed E-state index contributed by atoms with van der Waals surface area (Å²) in [5.41, 5.74) is 1.38. The molecule has 1 heterocycles. The number of halogens is 1. The largest absolute Gasteiger partial charge is 0.351 e. The predicted octanol–water partition coefficient (Wildman–Crippen LogP) is 4.22. The van der Waals surface area contributed by atoms with Crippen LogP contribution in [0.2, 0.25) is 5.02 Å². The van der Waals surface area contributed by atoms with E-state index < -0.39 is 0 Å². The van der Waals surface area contributed by atoms with Crippen molar-refractivity contribution in [3.05, 3.63) is 64.9 Å². The Kier molecular flexibility index (Phi) is 5.73. The lowest BCUT2D eigenvalue weighted by Gasteiger charge is -2.06. The molecule has 7 heteroatoms. The molecule has 3 rings (SSSR count). The number of aryl methyl sites for hydroxylation is 1. The van der Waals surface area contributed by atoms with Gasteiger partial charge in [0.1, 0.15) is 0 Å².